The second kappa shape index (κ2) is 10.3. The van der Waals surface area contributed by atoms with Crippen molar-refractivity contribution in [3.05, 3.63) is 53.2 Å². The number of pyridine rings is 1. The smallest absolute Gasteiger partial charge is 0.227 e. The largest absolute Gasteiger partial charge is 0.355 e. The van der Waals surface area contributed by atoms with Crippen LogP contribution in [0.2, 0.25) is 5.02 Å². The summed E-state index contributed by atoms with van der Waals surface area (Å²) in [6.45, 7) is 4.84. The molecule has 0 atom stereocenters. The zero-order valence-corrected chi connectivity index (χ0v) is 18.3. The molecule has 2 aromatic rings. The summed E-state index contributed by atoms with van der Waals surface area (Å²) < 4.78 is 0. The van der Waals surface area contributed by atoms with Gasteiger partial charge in [-0.3, -0.25) is 9.69 Å². The molecule has 1 aliphatic carbocycles. The summed E-state index contributed by atoms with van der Waals surface area (Å²) in [4.78, 5) is 21.9. The zero-order valence-electron chi connectivity index (χ0n) is 17.5. The van der Waals surface area contributed by atoms with Crippen molar-refractivity contribution in [2.24, 2.45) is 5.92 Å². The van der Waals surface area contributed by atoms with E-state index in [9.17, 15) is 4.79 Å². The molecule has 4 rings (SSSR count). The lowest BCUT2D eigenvalue weighted by atomic mass is 9.88. The highest BCUT2D eigenvalue weighted by molar-refractivity contribution is 6.31. The number of hydrogen-bond acceptors (Lipinski definition) is 4. The Morgan fingerprint density at radius 3 is 2.60 bits per heavy atom. The van der Waals surface area contributed by atoms with Crippen molar-refractivity contribution in [2.75, 3.05) is 36.4 Å². The molecule has 1 saturated carbocycles. The first kappa shape index (κ1) is 21.1. The molecule has 0 spiro atoms. The molecule has 30 heavy (non-hydrogen) atoms. The lowest BCUT2D eigenvalue weighted by Crippen LogP contribution is -2.31. The maximum Gasteiger partial charge on any atom is 0.227 e. The molecule has 1 aromatic carbocycles. The molecule has 2 fully saturated rings. The van der Waals surface area contributed by atoms with Gasteiger partial charge in [0.05, 0.1) is 11.9 Å². The number of halogens is 1. The number of aromatic nitrogens is 1. The fourth-order valence-corrected chi connectivity index (χ4v) is 4.68. The van der Waals surface area contributed by atoms with Crippen molar-refractivity contribution in [2.45, 2.75) is 45.1 Å². The minimum atomic E-state index is 0.147. The lowest BCUT2D eigenvalue weighted by Gasteiger charge is -2.23. The van der Waals surface area contributed by atoms with Crippen LogP contribution in [0.3, 0.4) is 0 Å². The number of carbonyl (C=O) groups is 1. The normalized spacial score (nSPS) is 18.8. The fourth-order valence-electron chi connectivity index (χ4n) is 4.48. The van der Waals surface area contributed by atoms with Crippen molar-refractivity contribution in [3.8, 4) is 0 Å². The van der Waals surface area contributed by atoms with Crippen LogP contribution in [0.15, 0.2) is 42.6 Å². The van der Waals surface area contributed by atoms with Gasteiger partial charge >= 0.3 is 0 Å². The maximum atomic E-state index is 12.4. The van der Waals surface area contributed by atoms with Crippen molar-refractivity contribution in [1.82, 2.24) is 9.88 Å². The quantitative estimate of drug-likeness (QED) is 0.733. The van der Waals surface area contributed by atoms with Gasteiger partial charge in [-0.2, -0.15) is 0 Å². The molecule has 1 aliphatic heterocycles. The summed E-state index contributed by atoms with van der Waals surface area (Å²) >= 11 is 6.33. The average molecular weight is 427 g/mol. The van der Waals surface area contributed by atoms with Crippen LogP contribution in [0.1, 0.15) is 44.1 Å². The molecule has 1 aromatic heterocycles. The Kier molecular flexibility index (Phi) is 7.24. The van der Waals surface area contributed by atoms with Gasteiger partial charge in [0.25, 0.3) is 0 Å². The second-order valence-corrected chi connectivity index (χ2v) is 8.84. The van der Waals surface area contributed by atoms with Crippen LogP contribution in [0.25, 0.3) is 0 Å². The van der Waals surface area contributed by atoms with Crippen molar-refractivity contribution < 1.29 is 4.79 Å². The highest BCUT2D eigenvalue weighted by Gasteiger charge is 2.21. The summed E-state index contributed by atoms with van der Waals surface area (Å²) in [5.41, 5.74) is 1.98. The van der Waals surface area contributed by atoms with Crippen LogP contribution >= 0.6 is 11.6 Å². The van der Waals surface area contributed by atoms with E-state index in [1.54, 1.807) is 6.20 Å². The maximum absolute atomic E-state index is 12.4. The van der Waals surface area contributed by atoms with Crippen molar-refractivity contribution >= 4 is 29.0 Å². The van der Waals surface area contributed by atoms with Gasteiger partial charge < -0.3 is 10.2 Å². The van der Waals surface area contributed by atoms with E-state index in [0.717, 1.165) is 81.4 Å². The van der Waals surface area contributed by atoms with E-state index in [1.165, 1.54) is 12.0 Å². The highest BCUT2D eigenvalue weighted by Crippen LogP contribution is 2.25. The molecule has 6 heteroatoms. The molecule has 2 heterocycles. The first-order valence-electron chi connectivity index (χ1n) is 11.2. The van der Waals surface area contributed by atoms with Crippen molar-refractivity contribution in [1.29, 1.82) is 0 Å². The molecule has 0 bridgehead atoms. The summed E-state index contributed by atoms with van der Waals surface area (Å²) in [6, 6.07) is 12.1. The van der Waals surface area contributed by atoms with Gasteiger partial charge in [-0.25, -0.2) is 4.98 Å². The minimum Gasteiger partial charge on any atom is -0.355 e. The molecule has 2 aliphatic rings. The number of anilines is 2. The summed E-state index contributed by atoms with van der Waals surface area (Å²) in [6.07, 6.45) is 8.49. The van der Waals surface area contributed by atoms with E-state index < -0.39 is 0 Å². The van der Waals surface area contributed by atoms with Gasteiger partial charge in [0.2, 0.25) is 5.91 Å². The van der Waals surface area contributed by atoms with E-state index >= 15 is 0 Å². The molecule has 0 unspecified atom stereocenters. The van der Waals surface area contributed by atoms with Gasteiger partial charge in [-0.1, -0.05) is 49.1 Å². The molecule has 0 radical (unpaired) electrons. The molecular weight excluding hydrogens is 396 g/mol. The summed E-state index contributed by atoms with van der Waals surface area (Å²) in [5, 5.41) is 3.89. The van der Waals surface area contributed by atoms with E-state index in [4.69, 9.17) is 11.6 Å². The number of amides is 1. The third-order valence-corrected chi connectivity index (χ3v) is 6.62. The summed E-state index contributed by atoms with van der Waals surface area (Å²) in [5.74, 6) is 1.28. The van der Waals surface area contributed by atoms with Crippen LogP contribution in [0, 0.1) is 5.92 Å². The van der Waals surface area contributed by atoms with E-state index in [-0.39, 0.29) is 11.8 Å². The third kappa shape index (κ3) is 5.52. The van der Waals surface area contributed by atoms with Gasteiger partial charge in [-0.05, 0) is 43.0 Å². The first-order chi connectivity index (χ1) is 14.7. The average Bonchev–Trinajstić information content (AvgIpc) is 3.02. The second-order valence-electron chi connectivity index (χ2n) is 8.44. The molecule has 160 valence electrons. The van der Waals surface area contributed by atoms with Crippen LogP contribution in [0.5, 0.6) is 0 Å². The number of carbonyl (C=O) groups excluding carboxylic acids is 1. The summed E-state index contributed by atoms with van der Waals surface area (Å²) in [7, 11) is 0. The van der Waals surface area contributed by atoms with Crippen LogP contribution in [-0.4, -0.2) is 42.0 Å². The zero-order chi connectivity index (χ0) is 20.8. The molecular formula is C24H31ClN4O. The predicted molar refractivity (Wildman–Crippen MR) is 123 cm³/mol. The number of nitrogens with one attached hydrogen (secondary N) is 1. The van der Waals surface area contributed by atoms with Crippen LogP contribution in [-0.2, 0) is 11.3 Å². The topological polar surface area (TPSA) is 48.5 Å². The Balaban J connectivity index is 1.31. The minimum absolute atomic E-state index is 0.147. The van der Waals surface area contributed by atoms with E-state index in [0.29, 0.717) is 0 Å². The SMILES string of the molecule is O=C(Nc1ccc(N2CCCN(Cc3ccccc3Cl)CC2)nc1)C1CCCCC1. The fraction of sp³-hybridized carbons (Fsp3) is 0.500. The van der Waals surface area contributed by atoms with Crippen LogP contribution < -0.4 is 10.2 Å². The van der Waals surface area contributed by atoms with Crippen molar-refractivity contribution in [3.63, 3.8) is 0 Å². The number of rotatable bonds is 5. The Hall–Kier alpha value is -2.11. The van der Waals surface area contributed by atoms with E-state index in [2.05, 4.69) is 26.2 Å². The molecule has 1 saturated heterocycles. The third-order valence-electron chi connectivity index (χ3n) is 6.26. The Morgan fingerprint density at radius 1 is 1.00 bits per heavy atom. The molecule has 1 N–H and O–H groups in total. The standard InChI is InChI=1S/C24H31ClN4O/c25-22-10-5-4-9-20(22)18-28-13-6-14-29(16-15-28)23-12-11-21(17-26-23)27-24(30)19-7-2-1-3-8-19/h4-5,9-12,17,19H,1-3,6-8,13-16,18H2,(H,27,30). The predicted octanol–water partition coefficient (Wildman–Crippen LogP) is 4.97. The number of benzene rings is 1. The number of hydrogen-bond donors (Lipinski definition) is 1. The van der Waals surface area contributed by atoms with Gasteiger partial charge in [0.1, 0.15) is 5.82 Å². The molecule has 5 nitrogen and oxygen atoms in total. The lowest BCUT2D eigenvalue weighted by molar-refractivity contribution is -0.120. The Labute approximate surface area is 184 Å². The monoisotopic (exact) mass is 426 g/mol. The molecule has 1 amide bonds. The van der Waals surface area contributed by atoms with Crippen LogP contribution in [0.4, 0.5) is 11.5 Å². The van der Waals surface area contributed by atoms with Gasteiger partial charge in [0, 0.05) is 43.7 Å². The van der Waals surface area contributed by atoms with Gasteiger partial charge in [0.15, 0.2) is 0 Å². The van der Waals surface area contributed by atoms with E-state index in [1.807, 2.05) is 30.3 Å². The van der Waals surface area contributed by atoms with Gasteiger partial charge in [-0.15, -0.1) is 0 Å². The Morgan fingerprint density at radius 2 is 1.83 bits per heavy atom. The number of nitrogens with zero attached hydrogens (tertiary/aromatic N) is 3. The first-order valence-corrected chi connectivity index (χ1v) is 11.5. The highest BCUT2D eigenvalue weighted by atomic mass is 35.5. The Bertz CT molecular complexity index is 835.